The van der Waals surface area contributed by atoms with E-state index in [-0.39, 0.29) is 5.78 Å². The Kier molecular flexibility index (Phi) is 4.58. The van der Waals surface area contributed by atoms with E-state index in [1.165, 1.54) is 0 Å². The van der Waals surface area contributed by atoms with Crippen LogP contribution in [0.25, 0.3) is 0 Å². The third-order valence-corrected chi connectivity index (χ3v) is 4.53. The number of Topliss-reactive ketones (excluding diaryl/α,β-unsaturated/α-hetero) is 1. The first kappa shape index (κ1) is 14.5. The Labute approximate surface area is 119 Å². The fraction of sp³-hybridized carbons (Fsp3) is 0.600. The van der Waals surface area contributed by atoms with Crippen LogP contribution in [0.2, 0.25) is 5.02 Å². The summed E-state index contributed by atoms with van der Waals surface area (Å²) in [5, 5.41) is 0.547. The first-order valence-corrected chi connectivity index (χ1v) is 7.12. The quantitative estimate of drug-likeness (QED) is 0.849. The Hall–Kier alpha value is -0.930. The molecular weight excluding hydrogens is 262 g/mol. The van der Waals surface area contributed by atoms with Gasteiger partial charge in [-0.15, -0.1) is 0 Å². The number of carbonyl (C=O) groups is 1. The number of rotatable bonds is 4. The van der Waals surface area contributed by atoms with Gasteiger partial charge in [0.25, 0.3) is 0 Å². The number of hydrogen-bond acceptors (Lipinski definition) is 3. The largest absolute Gasteiger partial charge is 0.370 e. The molecule has 1 aliphatic rings. The number of pyridine rings is 1. The number of methoxy groups -OCH3 is 1. The SMILES string of the molecule is COC1(C(=O)Cc2ccncc2Cl)CCC(C)CC1. The van der Waals surface area contributed by atoms with Crippen molar-refractivity contribution in [2.75, 3.05) is 7.11 Å². The molecule has 1 aliphatic carbocycles. The van der Waals surface area contributed by atoms with Crippen LogP contribution in [0.5, 0.6) is 0 Å². The molecule has 2 rings (SSSR count). The highest BCUT2D eigenvalue weighted by Crippen LogP contribution is 2.36. The van der Waals surface area contributed by atoms with Crippen molar-refractivity contribution in [3.63, 3.8) is 0 Å². The molecule has 0 amide bonds. The first-order chi connectivity index (χ1) is 9.07. The van der Waals surface area contributed by atoms with E-state index in [0.29, 0.717) is 17.4 Å². The molecule has 0 radical (unpaired) electrons. The zero-order valence-corrected chi connectivity index (χ0v) is 12.2. The molecule has 0 N–H and O–H groups in total. The molecule has 19 heavy (non-hydrogen) atoms. The molecule has 0 unspecified atom stereocenters. The second kappa shape index (κ2) is 6.02. The average molecular weight is 282 g/mol. The molecule has 0 aliphatic heterocycles. The van der Waals surface area contributed by atoms with E-state index in [9.17, 15) is 4.79 Å². The van der Waals surface area contributed by atoms with Gasteiger partial charge in [-0.3, -0.25) is 9.78 Å². The van der Waals surface area contributed by atoms with Crippen molar-refractivity contribution in [2.24, 2.45) is 5.92 Å². The van der Waals surface area contributed by atoms with E-state index < -0.39 is 5.60 Å². The lowest BCUT2D eigenvalue weighted by Gasteiger charge is -2.37. The molecule has 0 saturated heterocycles. The van der Waals surface area contributed by atoms with E-state index >= 15 is 0 Å². The molecule has 3 nitrogen and oxygen atoms in total. The van der Waals surface area contributed by atoms with Crippen LogP contribution in [0, 0.1) is 5.92 Å². The van der Waals surface area contributed by atoms with Crippen molar-refractivity contribution >= 4 is 17.4 Å². The highest BCUT2D eigenvalue weighted by atomic mass is 35.5. The fourth-order valence-electron chi connectivity index (χ4n) is 2.71. The first-order valence-electron chi connectivity index (χ1n) is 6.74. The highest BCUT2D eigenvalue weighted by molar-refractivity contribution is 6.31. The number of nitrogens with zero attached hydrogens (tertiary/aromatic N) is 1. The summed E-state index contributed by atoms with van der Waals surface area (Å²) in [4.78, 5) is 16.5. The van der Waals surface area contributed by atoms with Crippen molar-refractivity contribution in [1.29, 1.82) is 0 Å². The third-order valence-electron chi connectivity index (χ3n) is 4.19. The second-order valence-corrected chi connectivity index (χ2v) is 5.86. The summed E-state index contributed by atoms with van der Waals surface area (Å²) >= 11 is 6.06. The average Bonchev–Trinajstić information content (AvgIpc) is 2.42. The molecule has 0 atom stereocenters. The van der Waals surface area contributed by atoms with Gasteiger partial charge in [0.15, 0.2) is 5.78 Å². The fourth-order valence-corrected chi connectivity index (χ4v) is 2.89. The lowest BCUT2D eigenvalue weighted by Crippen LogP contribution is -2.44. The summed E-state index contributed by atoms with van der Waals surface area (Å²) in [6.45, 7) is 2.23. The summed E-state index contributed by atoms with van der Waals surface area (Å²) in [5.41, 5.74) is 0.218. The Morgan fingerprint density at radius 1 is 1.53 bits per heavy atom. The van der Waals surface area contributed by atoms with Crippen LogP contribution in [0.3, 0.4) is 0 Å². The van der Waals surface area contributed by atoms with Crippen molar-refractivity contribution in [1.82, 2.24) is 4.98 Å². The number of carbonyl (C=O) groups excluding carboxylic acids is 1. The lowest BCUT2D eigenvalue weighted by molar-refractivity contribution is -0.145. The maximum absolute atomic E-state index is 12.6. The molecule has 1 aromatic heterocycles. The number of ketones is 1. The molecule has 1 fully saturated rings. The standard InChI is InChI=1S/C15H20ClNO2/c1-11-3-6-15(19-2,7-4-11)14(18)9-12-5-8-17-10-13(12)16/h5,8,10-11H,3-4,6-7,9H2,1-2H3. The summed E-state index contributed by atoms with van der Waals surface area (Å²) in [6, 6.07) is 1.80. The number of ether oxygens (including phenoxy) is 1. The topological polar surface area (TPSA) is 39.2 Å². The van der Waals surface area contributed by atoms with E-state index in [1.54, 1.807) is 25.6 Å². The van der Waals surface area contributed by atoms with Gasteiger partial charge in [0.1, 0.15) is 5.60 Å². The molecule has 1 saturated carbocycles. The molecule has 1 heterocycles. The Bertz CT molecular complexity index is 453. The predicted octanol–water partition coefficient (Wildman–Crippen LogP) is 3.44. The van der Waals surface area contributed by atoms with Crippen LogP contribution in [-0.4, -0.2) is 23.5 Å². The van der Waals surface area contributed by atoms with Gasteiger partial charge in [-0.2, -0.15) is 0 Å². The molecular formula is C15H20ClNO2. The summed E-state index contributed by atoms with van der Waals surface area (Å²) in [6.07, 6.45) is 7.28. The molecule has 0 bridgehead atoms. The van der Waals surface area contributed by atoms with Crippen molar-refractivity contribution in [3.05, 3.63) is 29.0 Å². The van der Waals surface area contributed by atoms with Crippen LogP contribution in [-0.2, 0) is 16.0 Å². The van der Waals surface area contributed by atoms with Crippen LogP contribution < -0.4 is 0 Å². The van der Waals surface area contributed by atoms with Gasteiger partial charge in [0, 0.05) is 25.9 Å². The van der Waals surface area contributed by atoms with Gasteiger partial charge in [-0.25, -0.2) is 0 Å². The zero-order valence-electron chi connectivity index (χ0n) is 11.5. The Morgan fingerprint density at radius 2 is 2.21 bits per heavy atom. The maximum atomic E-state index is 12.6. The zero-order chi connectivity index (χ0) is 13.9. The van der Waals surface area contributed by atoms with Crippen molar-refractivity contribution in [3.8, 4) is 0 Å². The number of aromatic nitrogens is 1. The third kappa shape index (κ3) is 3.15. The minimum atomic E-state index is -0.612. The van der Waals surface area contributed by atoms with Gasteiger partial charge >= 0.3 is 0 Å². The minimum Gasteiger partial charge on any atom is -0.370 e. The molecule has 0 aromatic carbocycles. The van der Waals surface area contributed by atoms with Gasteiger partial charge in [0.2, 0.25) is 0 Å². The van der Waals surface area contributed by atoms with E-state index in [2.05, 4.69) is 11.9 Å². The Balaban J connectivity index is 2.12. The Morgan fingerprint density at radius 3 is 2.79 bits per heavy atom. The van der Waals surface area contributed by atoms with Crippen LogP contribution >= 0.6 is 11.6 Å². The number of halogens is 1. The van der Waals surface area contributed by atoms with Crippen molar-refractivity contribution < 1.29 is 9.53 Å². The summed E-state index contributed by atoms with van der Waals surface area (Å²) in [5.74, 6) is 0.815. The highest BCUT2D eigenvalue weighted by Gasteiger charge is 2.40. The smallest absolute Gasteiger partial charge is 0.169 e. The van der Waals surface area contributed by atoms with Gasteiger partial charge < -0.3 is 4.74 Å². The molecule has 0 spiro atoms. The van der Waals surface area contributed by atoms with Crippen LogP contribution in [0.4, 0.5) is 0 Å². The molecule has 1 aromatic rings. The molecule has 4 heteroatoms. The monoisotopic (exact) mass is 281 g/mol. The molecule has 104 valence electrons. The lowest BCUT2D eigenvalue weighted by atomic mass is 9.76. The second-order valence-electron chi connectivity index (χ2n) is 5.45. The van der Waals surface area contributed by atoms with Crippen molar-refractivity contribution in [2.45, 2.75) is 44.6 Å². The van der Waals surface area contributed by atoms with Crippen LogP contribution in [0.15, 0.2) is 18.5 Å². The van der Waals surface area contributed by atoms with E-state index in [0.717, 1.165) is 31.2 Å². The van der Waals surface area contributed by atoms with Gasteiger partial charge in [0.05, 0.1) is 5.02 Å². The minimum absolute atomic E-state index is 0.134. The van der Waals surface area contributed by atoms with E-state index in [4.69, 9.17) is 16.3 Å². The van der Waals surface area contributed by atoms with Gasteiger partial charge in [-0.1, -0.05) is 18.5 Å². The summed E-state index contributed by atoms with van der Waals surface area (Å²) in [7, 11) is 1.64. The normalized spacial score (nSPS) is 27.2. The van der Waals surface area contributed by atoms with Gasteiger partial charge in [-0.05, 0) is 43.2 Å². The maximum Gasteiger partial charge on any atom is 0.169 e. The number of hydrogen-bond donors (Lipinski definition) is 0. The predicted molar refractivity (Wildman–Crippen MR) is 75.3 cm³/mol. The van der Waals surface area contributed by atoms with E-state index in [1.807, 2.05) is 0 Å². The summed E-state index contributed by atoms with van der Waals surface area (Å²) < 4.78 is 5.59. The van der Waals surface area contributed by atoms with Crippen LogP contribution in [0.1, 0.15) is 38.2 Å².